The summed E-state index contributed by atoms with van der Waals surface area (Å²) < 4.78 is 11.8. The van der Waals surface area contributed by atoms with Crippen LogP contribution in [-0.2, 0) is 4.79 Å². The van der Waals surface area contributed by atoms with E-state index >= 15 is 0 Å². The number of amides is 2. The number of esters is 1. The Morgan fingerprint density at radius 1 is 1.03 bits per heavy atom. The van der Waals surface area contributed by atoms with Crippen LogP contribution in [0.25, 0.3) is 10.1 Å². The van der Waals surface area contributed by atoms with Gasteiger partial charge in [0.2, 0.25) is 0 Å². The molecule has 2 amide bonds. The van der Waals surface area contributed by atoms with Crippen molar-refractivity contribution in [2.75, 3.05) is 13.7 Å². The van der Waals surface area contributed by atoms with Gasteiger partial charge in [-0.05, 0) is 48.9 Å². The Morgan fingerprint density at radius 3 is 2.51 bits per heavy atom. The Morgan fingerprint density at radius 2 is 1.78 bits per heavy atom. The molecule has 0 saturated heterocycles. The lowest BCUT2D eigenvalue weighted by molar-refractivity contribution is -0.120. The Bertz CT molecular complexity index is 1500. The number of fused-ring (bicyclic) bond motifs is 1. The molecule has 37 heavy (non-hydrogen) atoms. The van der Waals surface area contributed by atoms with Crippen molar-refractivity contribution in [1.29, 1.82) is 0 Å². The van der Waals surface area contributed by atoms with Gasteiger partial charge in [0, 0.05) is 15.6 Å². The maximum absolute atomic E-state index is 12.8. The van der Waals surface area contributed by atoms with Crippen molar-refractivity contribution >= 4 is 57.0 Å². The van der Waals surface area contributed by atoms with Crippen molar-refractivity contribution in [2.45, 2.75) is 6.92 Å². The van der Waals surface area contributed by atoms with Crippen LogP contribution >= 0.6 is 22.9 Å². The number of nitrogens with one attached hydrogen (secondary N) is 2. The number of carbonyl (C=O) groups excluding carboxylic acids is 3. The lowest BCUT2D eigenvalue weighted by Gasteiger charge is -2.09. The van der Waals surface area contributed by atoms with Gasteiger partial charge in [-0.15, -0.1) is 11.3 Å². The highest BCUT2D eigenvalue weighted by Gasteiger charge is 2.20. The molecule has 3 aromatic carbocycles. The number of hydrogen-bond donors (Lipinski definition) is 2. The van der Waals surface area contributed by atoms with Gasteiger partial charge in [0.25, 0.3) is 11.8 Å². The Kier molecular flexibility index (Phi) is 8.17. The molecule has 1 aromatic heterocycles. The van der Waals surface area contributed by atoms with Crippen LogP contribution < -0.4 is 20.2 Å². The molecule has 0 fully saturated rings. The van der Waals surface area contributed by atoms with E-state index in [0.29, 0.717) is 26.8 Å². The molecular formula is C27H22ClN3O5S. The fourth-order valence-electron chi connectivity index (χ4n) is 3.33. The molecule has 0 bridgehead atoms. The molecule has 0 unspecified atom stereocenters. The second-order valence-corrected chi connectivity index (χ2v) is 9.31. The molecule has 0 aliphatic rings. The Balaban J connectivity index is 1.34. The minimum absolute atomic E-state index is 0.209. The summed E-state index contributed by atoms with van der Waals surface area (Å²) in [7, 11) is 1.44. The van der Waals surface area contributed by atoms with E-state index in [0.717, 1.165) is 15.6 Å². The number of hydrazone groups is 1. The van der Waals surface area contributed by atoms with E-state index in [9.17, 15) is 14.4 Å². The predicted molar refractivity (Wildman–Crippen MR) is 144 cm³/mol. The van der Waals surface area contributed by atoms with Crippen molar-refractivity contribution in [1.82, 2.24) is 10.7 Å². The second kappa shape index (κ2) is 11.7. The number of aryl methyl sites for hydroxylation is 1. The van der Waals surface area contributed by atoms with Gasteiger partial charge in [-0.3, -0.25) is 9.59 Å². The smallest absolute Gasteiger partial charge is 0.355 e. The average molecular weight is 536 g/mol. The zero-order valence-corrected chi connectivity index (χ0v) is 21.5. The summed E-state index contributed by atoms with van der Waals surface area (Å²) >= 11 is 7.63. The summed E-state index contributed by atoms with van der Waals surface area (Å²) in [6.45, 7) is 1.69. The highest BCUT2D eigenvalue weighted by atomic mass is 35.5. The fraction of sp³-hybridized carbons (Fsp3) is 0.111. The maximum atomic E-state index is 12.8. The van der Waals surface area contributed by atoms with Crippen LogP contribution in [-0.4, -0.2) is 37.7 Å². The summed E-state index contributed by atoms with van der Waals surface area (Å²) in [5.41, 5.74) is 4.43. The zero-order chi connectivity index (χ0) is 26.4. The highest BCUT2D eigenvalue weighted by molar-refractivity contribution is 7.21. The minimum Gasteiger partial charge on any atom is -0.493 e. The number of ether oxygens (including phenoxy) is 2. The molecule has 10 heteroatoms. The summed E-state index contributed by atoms with van der Waals surface area (Å²) in [6.07, 6.45) is 1.40. The molecule has 0 radical (unpaired) electrons. The first-order valence-electron chi connectivity index (χ1n) is 11.1. The molecule has 4 rings (SSSR count). The van der Waals surface area contributed by atoms with Crippen LogP contribution in [0.3, 0.4) is 0 Å². The number of nitrogens with zero attached hydrogens (tertiary/aromatic N) is 1. The van der Waals surface area contributed by atoms with Gasteiger partial charge in [0.15, 0.2) is 11.5 Å². The first kappa shape index (κ1) is 25.9. The molecule has 4 aromatic rings. The van der Waals surface area contributed by atoms with Crippen LogP contribution in [0.5, 0.6) is 11.5 Å². The Labute approximate surface area is 221 Å². The Hall–Kier alpha value is -4.21. The molecule has 0 aliphatic carbocycles. The van der Waals surface area contributed by atoms with E-state index in [1.165, 1.54) is 24.7 Å². The largest absolute Gasteiger partial charge is 0.493 e. The summed E-state index contributed by atoms with van der Waals surface area (Å²) in [5.74, 6) is -0.932. The lowest BCUT2D eigenvalue weighted by atomic mass is 10.1. The van der Waals surface area contributed by atoms with Crippen molar-refractivity contribution in [3.8, 4) is 11.5 Å². The van der Waals surface area contributed by atoms with Crippen molar-refractivity contribution < 1.29 is 23.9 Å². The third kappa shape index (κ3) is 6.32. The van der Waals surface area contributed by atoms with E-state index in [1.807, 2.05) is 43.3 Å². The van der Waals surface area contributed by atoms with Crippen LogP contribution in [0, 0.1) is 6.92 Å². The van der Waals surface area contributed by atoms with Crippen LogP contribution in [0.4, 0.5) is 0 Å². The molecule has 0 atom stereocenters. The van der Waals surface area contributed by atoms with Gasteiger partial charge >= 0.3 is 5.97 Å². The highest BCUT2D eigenvalue weighted by Crippen LogP contribution is 2.37. The summed E-state index contributed by atoms with van der Waals surface area (Å²) in [4.78, 5) is 37.2. The van der Waals surface area contributed by atoms with Gasteiger partial charge in [-0.25, -0.2) is 10.2 Å². The molecule has 2 N–H and O–H groups in total. The molecule has 0 spiro atoms. The topological polar surface area (TPSA) is 106 Å². The molecule has 1 heterocycles. The quantitative estimate of drug-likeness (QED) is 0.143. The first-order valence-corrected chi connectivity index (χ1v) is 12.3. The number of thiophene rings is 1. The van der Waals surface area contributed by atoms with Crippen molar-refractivity contribution in [3.05, 3.63) is 93.3 Å². The first-order chi connectivity index (χ1) is 17.9. The normalized spacial score (nSPS) is 10.9. The molecule has 0 saturated carbocycles. The minimum atomic E-state index is -0.592. The monoisotopic (exact) mass is 535 g/mol. The predicted octanol–water partition coefficient (Wildman–Crippen LogP) is 4.97. The molecule has 8 nitrogen and oxygen atoms in total. The molecule has 0 aliphatic heterocycles. The van der Waals surface area contributed by atoms with Gasteiger partial charge in [-0.2, -0.15) is 5.10 Å². The number of rotatable bonds is 8. The molecular weight excluding hydrogens is 514 g/mol. The van der Waals surface area contributed by atoms with E-state index < -0.39 is 11.9 Å². The molecule has 188 valence electrons. The van der Waals surface area contributed by atoms with Gasteiger partial charge < -0.3 is 14.8 Å². The third-order valence-corrected chi connectivity index (χ3v) is 6.89. The number of carbonyl (C=O) groups is 3. The van der Waals surface area contributed by atoms with E-state index in [1.54, 1.807) is 30.3 Å². The van der Waals surface area contributed by atoms with Crippen LogP contribution in [0.2, 0.25) is 5.02 Å². The maximum Gasteiger partial charge on any atom is 0.355 e. The second-order valence-electron chi connectivity index (χ2n) is 7.88. The van der Waals surface area contributed by atoms with Gasteiger partial charge in [0.1, 0.15) is 4.88 Å². The summed E-state index contributed by atoms with van der Waals surface area (Å²) in [5, 5.41) is 7.57. The average Bonchev–Trinajstić information content (AvgIpc) is 3.25. The van der Waals surface area contributed by atoms with Crippen LogP contribution in [0.15, 0.2) is 71.8 Å². The van der Waals surface area contributed by atoms with Crippen molar-refractivity contribution in [2.24, 2.45) is 5.10 Å². The SMILES string of the molecule is COc1cc(/C=N/NC(=O)CNC(=O)c2ccc(C)cc2)ccc1OC(=O)c1sc2ccccc2c1Cl. The van der Waals surface area contributed by atoms with Crippen LogP contribution in [0.1, 0.15) is 31.2 Å². The van der Waals surface area contributed by atoms with Gasteiger partial charge in [0.05, 0.1) is 24.9 Å². The van der Waals surface area contributed by atoms with E-state index in [2.05, 4.69) is 15.8 Å². The van der Waals surface area contributed by atoms with E-state index in [4.69, 9.17) is 21.1 Å². The number of halogens is 1. The fourth-order valence-corrected chi connectivity index (χ4v) is 4.71. The van der Waals surface area contributed by atoms with Crippen molar-refractivity contribution in [3.63, 3.8) is 0 Å². The zero-order valence-electron chi connectivity index (χ0n) is 19.9. The van der Waals surface area contributed by atoms with Gasteiger partial charge in [-0.1, -0.05) is 47.5 Å². The lowest BCUT2D eigenvalue weighted by Crippen LogP contribution is -2.34. The third-order valence-electron chi connectivity index (χ3n) is 5.24. The number of benzene rings is 3. The number of methoxy groups -OCH3 is 1. The standard InChI is InChI=1S/C27H22ClN3O5S/c1-16-7-10-18(11-8-16)26(33)29-15-23(32)31-30-14-17-9-12-20(21(13-17)35-2)36-27(34)25-24(28)19-5-3-4-6-22(19)37-25/h3-14H,15H2,1-2H3,(H,29,33)(H,31,32)/b30-14+. The van der Waals surface area contributed by atoms with E-state index in [-0.39, 0.29) is 18.2 Å². The summed E-state index contributed by atoms with van der Waals surface area (Å²) in [6, 6.07) is 19.3. The number of hydrogen-bond acceptors (Lipinski definition) is 7.